The summed E-state index contributed by atoms with van der Waals surface area (Å²) in [6, 6.07) is 15.3. The van der Waals surface area contributed by atoms with E-state index in [9.17, 15) is 4.39 Å². The Hall–Kier alpha value is -1.19. The first-order chi connectivity index (χ1) is 10.2. The van der Waals surface area contributed by atoms with E-state index in [0.717, 1.165) is 30.4 Å². The molecule has 2 aromatic rings. The van der Waals surface area contributed by atoms with Crippen LogP contribution in [0.1, 0.15) is 30.4 Å². The van der Waals surface area contributed by atoms with Gasteiger partial charge in [0.25, 0.3) is 0 Å². The van der Waals surface area contributed by atoms with Crippen molar-refractivity contribution in [1.29, 1.82) is 0 Å². The van der Waals surface area contributed by atoms with Crippen molar-refractivity contribution >= 4 is 15.9 Å². The topological polar surface area (TPSA) is 12.0 Å². The van der Waals surface area contributed by atoms with Crippen LogP contribution in [0.5, 0.6) is 0 Å². The third-order valence-corrected chi connectivity index (χ3v) is 4.02. The Balaban J connectivity index is 2.13. The van der Waals surface area contributed by atoms with Crippen molar-refractivity contribution in [1.82, 2.24) is 5.32 Å². The van der Waals surface area contributed by atoms with Gasteiger partial charge in [0.2, 0.25) is 0 Å². The Morgan fingerprint density at radius 3 is 2.57 bits per heavy atom. The maximum Gasteiger partial charge on any atom is 0.123 e. The van der Waals surface area contributed by atoms with Crippen LogP contribution in [0, 0.1) is 5.82 Å². The summed E-state index contributed by atoms with van der Waals surface area (Å²) >= 11 is 3.52. The number of halogens is 2. The molecule has 0 heterocycles. The molecule has 3 heteroatoms. The molecule has 112 valence electrons. The summed E-state index contributed by atoms with van der Waals surface area (Å²) < 4.78 is 14.2. The summed E-state index contributed by atoms with van der Waals surface area (Å²) in [5.41, 5.74) is 2.47. The van der Waals surface area contributed by atoms with Crippen molar-refractivity contribution in [3.05, 3.63) is 69.9 Å². The van der Waals surface area contributed by atoms with Gasteiger partial charge in [-0.1, -0.05) is 47.1 Å². The van der Waals surface area contributed by atoms with Crippen LogP contribution in [0.4, 0.5) is 4.39 Å². The zero-order valence-corrected chi connectivity index (χ0v) is 13.9. The van der Waals surface area contributed by atoms with Crippen molar-refractivity contribution in [3.8, 4) is 0 Å². The van der Waals surface area contributed by atoms with E-state index < -0.39 is 0 Å². The van der Waals surface area contributed by atoms with Gasteiger partial charge in [-0.25, -0.2) is 4.39 Å². The second-order valence-electron chi connectivity index (χ2n) is 5.29. The average Bonchev–Trinajstić information content (AvgIpc) is 2.47. The monoisotopic (exact) mass is 349 g/mol. The highest BCUT2D eigenvalue weighted by Crippen LogP contribution is 2.22. The van der Waals surface area contributed by atoms with Crippen LogP contribution < -0.4 is 5.32 Å². The van der Waals surface area contributed by atoms with Crippen LogP contribution in [0.2, 0.25) is 0 Å². The number of nitrogens with one attached hydrogen (secondary N) is 1. The van der Waals surface area contributed by atoms with Crippen LogP contribution in [-0.2, 0) is 6.42 Å². The standard InChI is InChI=1S/C18H21BrFN/c1-2-10-21-13-16(15-6-8-18(20)9-7-15)11-14-4-3-5-17(19)12-14/h3-9,12,16,21H,2,10-11,13H2,1H3. The fourth-order valence-corrected chi connectivity index (χ4v) is 2.89. The van der Waals surface area contributed by atoms with Crippen LogP contribution >= 0.6 is 15.9 Å². The van der Waals surface area contributed by atoms with Crippen molar-refractivity contribution in [2.75, 3.05) is 13.1 Å². The maximum absolute atomic E-state index is 13.1. The minimum absolute atomic E-state index is 0.179. The Kier molecular flexibility index (Phi) is 6.40. The molecule has 1 unspecified atom stereocenters. The quantitative estimate of drug-likeness (QED) is 0.700. The first kappa shape index (κ1) is 16.2. The van der Waals surface area contributed by atoms with Crippen molar-refractivity contribution < 1.29 is 4.39 Å². The summed E-state index contributed by atoms with van der Waals surface area (Å²) in [4.78, 5) is 0. The second-order valence-corrected chi connectivity index (χ2v) is 6.20. The van der Waals surface area contributed by atoms with Crippen molar-refractivity contribution in [2.45, 2.75) is 25.7 Å². The van der Waals surface area contributed by atoms with Gasteiger partial charge in [-0.15, -0.1) is 0 Å². The van der Waals surface area contributed by atoms with Gasteiger partial charge in [0.05, 0.1) is 0 Å². The van der Waals surface area contributed by atoms with E-state index >= 15 is 0 Å². The molecule has 0 saturated heterocycles. The molecule has 0 spiro atoms. The van der Waals surface area contributed by atoms with Crippen LogP contribution in [-0.4, -0.2) is 13.1 Å². The highest BCUT2D eigenvalue weighted by molar-refractivity contribution is 9.10. The molecule has 1 N–H and O–H groups in total. The molecule has 0 aliphatic rings. The van der Waals surface area contributed by atoms with Gasteiger partial charge in [-0.2, -0.15) is 0 Å². The molecule has 1 atom stereocenters. The summed E-state index contributed by atoms with van der Waals surface area (Å²) in [6.45, 7) is 4.08. The third-order valence-electron chi connectivity index (χ3n) is 3.53. The Labute approximate surface area is 134 Å². The number of benzene rings is 2. The molecule has 21 heavy (non-hydrogen) atoms. The van der Waals surface area contributed by atoms with Crippen LogP contribution in [0.15, 0.2) is 53.0 Å². The number of rotatable bonds is 7. The molecule has 0 aliphatic heterocycles. The SMILES string of the molecule is CCCNCC(Cc1cccc(Br)c1)c1ccc(F)cc1. The summed E-state index contributed by atoms with van der Waals surface area (Å²) in [7, 11) is 0. The average molecular weight is 350 g/mol. The predicted molar refractivity (Wildman–Crippen MR) is 90.1 cm³/mol. The zero-order valence-electron chi connectivity index (χ0n) is 12.3. The molecule has 0 saturated carbocycles. The van der Waals surface area contributed by atoms with Gasteiger partial charge < -0.3 is 5.32 Å². The molecule has 2 rings (SSSR count). The molecule has 0 amide bonds. The molecule has 0 bridgehead atoms. The molecule has 0 radical (unpaired) electrons. The van der Waals surface area contributed by atoms with Crippen molar-refractivity contribution in [3.63, 3.8) is 0 Å². The van der Waals surface area contributed by atoms with E-state index in [1.165, 1.54) is 11.1 Å². The number of hydrogen-bond acceptors (Lipinski definition) is 1. The molecular weight excluding hydrogens is 329 g/mol. The van der Waals surface area contributed by atoms with E-state index in [1.54, 1.807) is 12.1 Å². The Morgan fingerprint density at radius 2 is 1.90 bits per heavy atom. The molecular formula is C18H21BrFN. The van der Waals surface area contributed by atoms with E-state index in [-0.39, 0.29) is 5.82 Å². The highest BCUT2D eigenvalue weighted by atomic mass is 79.9. The minimum Gasteiger partial charge on any atom is -0.316 e. The lowest BCUT2D eigenvalue weighted by Gasteiger charge is -2.18. The van der Waals surface area contributed by atoms with Gasteiger partial charge in [-0.3, -0.25) is 0 Å². The highest BCUT2D eigenvalue weighted by Gasteiger charge is 2.12. The summed E-state index contributed by atoms with van der Waals surface area (Å²) in [6.07, 6.45) is 2.06. The lowest BCUT2D eigenvalue weighted by Crippen LogP contribution is -2.23. The fourth-order valence-electron chi connectivity index (χ4n) is 2.44. The van der Waals surface area contributed by atoms with E-state index in [1.807, 2.05) is 18.2 Å². The third kappa shape index (κ3) is 5.25. The molecule has 2 aromatic carbocycles. The first-order valence-electron chi connectivity index (χ1n) is 7.39. The second kappa shape index (κ2) is 8.30. The van der Waals surface area contributed by atoms with E-state index in [4.69, 9.17) is 0 Å². The van der Waals surface area contributed by atoms with Gasteiger partial charge in [0.1, 0.15) is 5.82 Å². The summed E-state index contributed by atoms with van der Waals surface area (Å²) in [5.74, 6) is 0.174. The Bertz CT molecular complexity index is 553. The Morgan fingerprint density at radius 1 is 1.14 bits per heavy atom. The molecule has 0 aliphatic carbocycles. The van der Waals surface area contributed by atoms with E-state index in [0.29, 0.717) is 5.92 Å². The predicted octanol–water partition coefficient (Wildman–Crippen LogP) is 4.91. The minimum atomic E-state index is -0.179. The van der Waals surface area contributed by atoms with Gasteiger partial charge in [0.15, 0.2) is 0 Å². The first-order valence-corrected chi connectivity index (χ1v) is 8.19. The van der Waals surface area contributed by atoms with Gasteiger partial charge in [0, 0.05) is 16.9 Å². The molecule has 0 fully saturated rings. The summed E-state index contributed by atoms with van der Waals surface area (Å²) in [5, 5.41) is 3.48. The fraction of sp³-hybridized carbons (Fsp3) is 0.333. The largest absolute Gasteiger partial charge is 0.316 e. The lowest BCUT2D eigenvalue weighted by atomic mass is 9.92. The van der Waals surface area contributed by atoms with Gasteiger partial charge in [-0.05, 0) is 54.8 Å². The number of hydrogen-bond donors (Lipinski definition) is 1. The van der Waals surface area contributed by atoms with Gasteiger partial charge >= 0.3 is 0 Å². The normalized spacial score (nSPS) is 12.3. The van der Waals surface area contributed by atoms with Crippen molar-refractivity contribution in [2.24, 2.45) is 0 Å². The van der Waals surface area contributed by atoms with Crippen LogP contribution in [0.3, 0.4) is 0 Å². The molecule has 0 aromatic heterocycles. The zero-order chi connectivity index (χ0) is 15.1. The maximum atomic E-state index is 13.1. The molecule has 1 nitrogen and oxygen atoms in total. The smallest absolute Gasteiger partial charge is 0.123 e. The van der Waals surface area contributed by atoms with Crippen LogP contribution in [0.25, 0.3) is 0 Å². The van der Waals surface area contributed by atoms with E-state index in [2.05, 4.69) is 46.4 Å². The lowest BCUT2D eigenvalue weighted by molar-refractivity contribution is 0.573.